The molecule has 0 aromatic carbocycles. The lowest BCUT2D eigenvalue weighted by Crippen LogP contribution is -2.37. The average Bonchev–Trinajstić information content (AvgIpc) is 2.78. The highest BCUT2D eigenvalue weighted by atomic mass is 16.5. The lowest BCUT2D eigenvalue weighted by Gasteiger charge is -2.26. The molecule has 0 saturated carbocycles. The number of hydrogen-bond donors (Lipinski definition) is 1. The lowest BCUT2D eigenvalue weighted by atomic mass is 9.99. The fraction of sp³-hybridized carbons (Fsp3) is 0.909. The summed E-state index contributed by atoms with van der Waals surface area (Å²) in [6.07, 6.45) is 2.67. The van der Waals surface area contributed by atoms with Crippen LogP contribution in [-0.2, 0) is 9.53 Å². The Morgan fingerprint density at radius 3 is 2.67 bits per heavy atom. The van der Waals surface area contributed by atoms with Gasteiger partial charge in [-0.1, -0.05) is 0 Å². The smallest absolute Gasteiger partial charge is 0.225 e. The first-order valence-corrected chi connectivity index (χ1v) is 5.78. The minimum absolute atomic E-state index is 0.163. The maximum absolute atomic E-state index is 12.1. The highest BCUT2D eigenvalue weighted by Crippen LogP contribution is 2.22. The molecule has 2 saturated heterocycles. The van der Waals surface area contributed by atoms with E-state index < -0.39 is 0 Å². The van der Waals surface area contributed by atoms with E-state index in [4.69, 9.17) is 9.84 Å². The van der Waals surface area contributed by atoms with Gasteiger partial charge in [0, 0.05) is 44.7 Å². The molecule has 0 bridgehead atoms. The summed E-state index contributed by atoms with van der Waals surface area (Å²) >= 11 is 0. The monoisotopic (exact) mass is 213 g/mol. The van der Waals surface area contributed by atoms with Crippen molar-refractivity contribution in [2.45, 2.75) is 19.3 Å². The minimum Gasteiger partial charge on any atom is -0.396 e. The van der Waals surface area contributed by atoms with E-state index in [2.05, 4.69) is 0 Å². The third kappa shape index (κ3) is 2.49. The third-order valence-corrected chi connectivity index (χ3v) is 3.43. The molecule has 0 unspecified atom stereocenters. The number of aliphatic hydroxyl groups excluding tert-OH is 1. The fourth-order valence-corrected chi connectivity index (χ4v) is 2.38. The second kappa shape index (κ2) is 4.94. The van der Waals surface area contributed by atoms with Gasteiger partial charge in [-0.25, -0.2) is 0 Å². The Morgan fingerprint density at radius 1 is 1.33 bits per heavy atom. The van der Waals surface area contributed by atoms with Crippen LogP contribution >= 0.6 is 0 Å². The van der Waals surface area contributed by atoms with Crippen molar-refractivity contribution in [2.24, 2.45) is 11.8 Å². The van der Waals surface area contributed by atoms with Crippen LogP contribution in [0.3, 0.4) is 0 Å². The highest BCUT2D eigenvalue weighted by Gasteiger charge is 2.31. The lowest BCUT2D eigenvalue weighted by molar-refractivity contribution is -0.137. The standard InChI is InChI=1S/C11H19NO3/c13-8-9-1-4-12(7-9)11(14)10-2-5-15-6-3-10/h9-10,13H,1-8H2/t9-/m1/s1. The quantitative estimate of drug-likeness (QED) is 0.715. The van der Waals surface area contributed by atoms with E-state index in [0.717, 1.165) is 32.4 Å². The SMILES string of the molecule is O=C(C1CCOCC1)N1CC[C@@H](CO)C1. The van der Waals surface area contributed by atoms with Gasteiger partial charge in [0.25, 0.3) is 0 Å². The first-order chi connectivity index (χ1) is 7.31. The van der Waals surface area contributed by atoms with Crippen molar-refractivity contribution in [3.8, 4) is 0 Å². The number of hydrogen-bond acceptors (Lipinski definition) is 3. The van der Waals surface area contributed by atoms with Crippen LogP contribution in [0.1, 0.15) is 19.3 Å². The number of rotatable bonds is 2. The summed E-state index contributed by atoms with van der Waals surface area (Å²) in [7, 11) is 0. The molecule has 86 valence electrons. The number of ether oxygens (including phenoxy) is 1. The molecule has 0 aromatic rings. The highest BCUT2D eigenvalue weighted by molar-refractivity contribution is 5.79. The predicted molar refractivity (Wildman–Crippen MR) is 55.3 cm³/mol. The van der Waals surface area contributed by atoms with Crippen LogP contribution in [-0.4, -0.2) is 48.8 Å². The van der Waals surface area contributed by atoms with Gasteiger partial charge in [-0.15, -0.1) is 0 Å². The van der Waals surface area contributed by atoms with Gasteiger partial charge in [0.1, 0.15) is 0 Å². The van der Waals surface area contributed by atoms with E-state index >= 15 is 0 Å². The molecule has 1 N–H and O–H groups in total. The van der Waals surface area contributed by atoms with Gasteiger partial charge >= 0.3 is 0 Å². The summed E-state index contributed by atoms with van der Waals surface area (Å²) in [4.78, 5) is 14.0. The molecular formula is C11H19NO3. The summed E-state index contributed by atoms with van der Waals surface area (Å²) in [6.45, 7) is 3.20. The van der Waals surface area contributed by atoms with Crippen LogP contribution in [0.25, 0.3) is 0 Å². The van der Waals surface area contributed by atoms with Crippen LogP contribution in [0.4, 0.5) is 0 Å². The van der Waals surface area contributed by atoms with Gasteiger partial charge in [-0.05, 0) is 19.3 Å². The molecule has 0 aliphatic carbocycles. The summed E-state index contributed by atoms with van der Waals surface area (Å²) in [5.74, 6) is 0.735. The summed E-state index contributed by atoms with van der Waals surface area (Å²) < 4.78 is 5.24. The van der Waals surface area contributed by atoms with Crippen LogP contribution < -0.4 is 0 Å². The first-order valence-electron chi connectivity index (χ1n) is 5.78. The van der Waals surface area contributed by atoms with Gasteiger partial charge in [0.05, 0.1) is 0 Å². The van der Waals surface area contributed by atoms with E-state index in [9.17, 15) is 4.79 Å². The number of aliphatic hydroxyl groups is 1. The second-order valence-corrected chi connectivity index (χ2v) is 4.51. The number of nitrogens with zero attached hydrogens (tertiary/aromatic N) is 1. The predicted octanol–water partition coefficient (Wildman–Crippen LogP) is 0.254. The zero-order chi connectivity index (χ0) is 10.7. The van der Waals surface area contributed by atoms with E-state index in [0.29, 0.717) is 19.1 Å². The Hall–Kier alpha value is -0.610. The average molecular weight is 213 g/mol. The molecule has 0 aromatic heterocycles. The van der Waals surface area contributed by atoms with E-state index in [-0.39, 0.29) is 18.4 Å². The van der Waals surface area contributed by atoms with Gasteiger partial charge in [0.15, 0.2) is 0 Å². The van der Waals surface area contributed by atoms with Gasteiger partial charge in [-0.3, -0.25) is 4.79 Å². The van der Waals surface area contributed by atoms with E-state index in [1.54, 1.807) is 0 Å². The van der Waals surface area contributed by atoms with E-state index in [1.165, 1.54) is 0 Å². The van der Waals surface area contributed by atoms with Crippen molar-refractivity contribution in [3.63, 3.8) is 0 Å². The van der Waals surface area contributed by atoms with E-state index in [1.807, 2.05) is 4.90 Å². The molecule has 2 heterocycles. The van der Waals surface area contributed by atoms with Gasteiger partial charge in [-0.2, -0.15) is 0 Å². The minimum atomic E-state index is 0.163. The van der Waals surface area contributed by atoms with Crippen molar-refractivity contribution in [1.29, 1.82) is 0 Å². The Labute approximate surface area is 90.2 Å². The Balaban J connectivity index is 1.85. The molecule has 15 heavy (non-hydrogen) atoms. The number of amides is 1. The molecule has 1 amide bonds. The second-order valence-electron chi connectivity index (χ2n) is 4.51. The van der Waals surface area contributed by atoms with Gasteiger partial charge < -0.3 is 14.7 Å². The molecule has 2 aliphatic heterocycles. The Morgan fingerprint density at radius 2 is 2.07 bits per heavy atom. The van der Waals surface area contributed by atoms with Crippen molar-refractivity contribution in [3.05, 3.63) is 0 Å². The summed E-state index contributed by atoms with van der Waals surface area (Å²) in [6, 6.07) is 0. The van der Waals surface area contributed by atoms with Gasteiger partial charge in [0.2, 0.25) is 5.91 Å². The molecule has 0 spiro atoms. The summed E-state index contributed by atoms with van der Waals surface area (Å²) in [5, 5.41) is 9.02. The topological polar surface area (TPSA) is 49.8 Å². The molecule has 2 aliphatic rings. The Kier molecular flexibility index (Phi) is 3.59. The van der Waals surface area contributed by atoms with Crippen molar-refractivity contribution in [1.82, 2.24) is 4.90 Å². The molecular weight excluding hydrogens is 194 g/mol. The molecule has 2 fully saturated rings. The van der Waals surface area contributed by atoms with Crippen molar-refractivity contribution in [2.75, 3.05) is 32.9 Å². The van der Waals surface area contributed by atoms with Crippen LogP contribution in [0, 0.1) is 11.8 Å². The van der Waals surface area contributed by atoms with Crippen LogP contribution in [0.5, 0.6) is 0 Å². The largest absolute Gasteiger partial charge is 0.396 e. The molecule has 1 atom stereocenters. The zero-order valence-electron chi connectivity index (χ0n) is 9.02. The summed E-state index contributed by atoms with van der Waals surface area (Å²) in [5.41, 5.74) is 0. The van der Waals surface area contributed by atoms with Crippen LogP contribution in [0.2, 0.25) is 0 Å². The van der Waals surface area contributed by atoms with Crippen molar-refractivity contribution >= 4 is 5.91 Å². The van der Waals surface area contributed by atoms with Crippen molar-refractivity contribution < 1.29 is 14.6 Å². The Bertz CT molecular complexity index is 226. The molecule has 2 rings (SSSR count). The maximum atomic E-state index is 12.1. The fourth-order valence-electron chi connectivity index (χ4n) is 2.38. The number of carbonyl (C=O) groups excluding carboxylic acids is 1. The molecule has 4 nitrogen and oxygen atoms in total. The number of likely N-dealkylation sites (tertiary alicyclic amines) is 1. The zero-order valence-corrected chi connectivity index (χ0v) is 9.02. The molecule has 0 radical (unpaired) electrons. The third-order valence-electron chi connectivity index (χ3n) is 3.43. The maximum Gasteiger partial charge on any atom is 0.225 e. The molecule has 4 heteroatoms. The normalized spacial score (nSPS) is 28.3. The van der Waals surface area contributed by atoms with Crippen LogP contribution in [0.15, 0.2) is 0 Å². The first kappa shape index (κ1) is 10.9. The number of carbonyl (C=O) groups is 1.